The molecular formula is C16H18ClN3O. The van der Waals surface area contributed by atoms with E-state index in [1.807, 2.05) is 25.1 Å². The lowest BCUT2D eigenvalue weighted by atomic mass is 9.99. The summed E-state index contributed by atoms with van der Waals surface area (Å²) in [6.07, 6.45) is 5.64. The van der Waals surface area contributed by atoms with Crippen molar-refractivity contribution < 1.29 is 4.79 Å². The second kappa shape index (κ2) is 6.00. The molecule has 1 saturated heterocycles. The molecule has 1 aromatic heterocycles. The minimum atomic E-state index is -0.0725. The number of fused-ring (bicyclic) bond motifs is 1. The molecule has 4 nitrogen and oxygen atoms in total. The molecule has 0 bridgehead atoms. The molecule has 2 aromatic rings. The van der Waals surface area contributed by atoms with E-state index < -0.39 is 0 Å². The Bertz CT molecular complexity index is 668. The minimum Gasteiger partial charge on any atom is -0.324 e. The summed E-state index contributed by atoms with van der Waals surface area (Å²) in [6.45, 7) is 2.95. The van der Waals surface area contributed by atoms with Gasteiger partial charge in [0.15, 0.2) is 0 Å². The molecule has 1 aromatic carbocycles. The van der Waals surface area contributed by atoms with Crippen molar-refractivity contribution in [1.82, 2.24) is 10.3 Å². The van der Waals surface area contributed by atoms with Gasteiger partial charge in [0.25, 0.3) is 0 Å². The summed E-state index contributed by atoms with van der Waals surface area (Å²) < 4.78 is 0. The third-order valence-corrected chi connectivity index (χ3v) is 4.54. The third kappa shape index (κ3) is 2.87. The maximum atomic E-state index is 12.4. The van der Waals surface area contributed by atoms with Crippen LogP contribution in [0.3, 0.4) is 0 Å². The van der Waals surface area contributed by atoms with Crippen molar-refractivity contribution >= 4 is 34.0 Å². The van der Waals surface area contributed by atoms with Crippen LogP contribution >= 0.6 is 11.6 Å². The van der Waals surface area contributed by atoms with Crippen molar-refractivity contribution in [3.8, 4) is 0 Å². The molecule has 2 heterocycles. The Morgan fingerprint density at radius 1 is 1.48 bits per heavy atom. The molecule has 0 aliphatic carbocycles. The van der Waals surface area contributed by atoms with Gasteiger partial charge >= 0.3 is 0 Å². The van der Waals surface area contributed by atoms with Gasteiger partial charge in [-0.05, 0) is 31.5 Å². The van der Waals surface area contributed by atoms with Crippen LogP contribution in [0.1, 0.15) is 19.8 Å². The van der Waals surface area contributed by atoms with Crippen molar-refractivity contribution in [3.63, 3.8) is 0 Å². The van der Waals surface area contributed by atoms with Crippen LogP contribution in [0.25, 0.3) is 10.8 Å². The van der Waals surface area contributed by atoms with E-state index >= 15 is 0 Å². The molecule has 1 unspecified atom stereocenters. The van der Waals surface area contributed by atoms with Crippen LogP contribution in [0.4, 0.5) is 5.69 Å². The van der Waals surface area contributed by atoms with Gasteiger partial charge in [0.1, 0.15) is 0 Å². The molecule has 1 aliphatic rings. The van der Waals surface area contributed by atoms with Gasteiger partial charge in [0.05, 0.1) is 16.6 Å². The number of aromatic nitrogens is 1. The van der Waals surface area contributed by atoms with Gasteiger partial charge in [-0.2, -0.15) is 0 Å². The second-order valence-corrected chi connectivity index (χ2v) is 5.88. The highest BCUT2D eigenvalue weighted by atomic mass is 35.5. The molecule has 1 fully saturated rings. The molecular weight excluding hydrogens is 286 g/mol. The van der Waals surface area contributed by atoms with Gasteiger partial charge in [0, 0.05) is 29.2 Å². The Morgan fingerprint density at radius 3 is 3.10 bits per heavy atom. The molecule has 0 radical (unpaired) electrons. The molecule has 21 heavy (non-hydrogen) atoms. The normalized spacial score (nSPS) is 19.6. The van der Waals surface area contributed by atoms with Crippen LogP contribution in [-0.4, -0.2) is 23.5 Å². The zero-order valence-corrected chi connectivity index (χ0v) is 12.7. The molecule has 1 amide bonds. The number of carbonyl (C=O) groups is 1. The van der Waals surface area contributed by atoms with Crippen molar-refractivity contribution in [3.05, 3.63) is 35.6 Å². The third-order valence-electron chi connectivity index (χ3n) is 4.13. The lowest BCUT2D eigenvalue weighted by Crippen LogP contribution is -2.36. The summed E-state index contributed by atoms with van der Waals surface area (Å²) in [6, 6.07) is 5.87. The standard InChI is InChI=1S/C16H18ClN3O/c1-10(13-3-2-7-19-13)16(21)20-14-5-4-11-9-18-8-6-12(11)15(14)17/h4-6,8-10,13,19H,2-3,7H2,1H3,(H,20,21)/t10-,13?/m0/s1. The van der Waals surface area contributed by atoms with Gasteiger partial charge < -0.3 is 10.6 Å². The molecule has 0 saturated carbocycles. The van der Waals surface area contributed by atoms with Gasteiger partial charge in [-0.15, -0.1) is 0 Å². The number of hydrogen-bond donors (Lipinski definition) is 2. The summed E-state index contributed by atoms with van der Waals surface area (Å²) in [7, 11) is 0. The summed E-state index contributed by atoms with van der Waals surface area (Å²) in [4.78, 5) is 16.4. The van der Waals surface area contributed by atoms with Crippen LogP contribution in [0.5, 0.6) is 0 Å². The number of nitrogens with one attached hydrogen (secondary N) is 2. The Kier molecular flexibility index (Phi) is 4.08. The number of amides is 1. The number of pyridine rings is 1. The fourth-order valence-corrected chi connectivity index (χ4v) is 3.08. The zero-order chi connectivity index (χ0) is 14.8. The van der Waals surface area contributed by atoms with E-state index in [1.165, 1.54) is 0 Å². The van der Waals surface area contributed by atoms with Gasteiger partial charge in [-0.3, -0.25) is 9.78 Å². The Labute approximate surface area is 128 Å². The van der Waals surface area contributed by atoms with Crippen LogP contribution in [0.15, 0.2) is 30.6 Å². The highest BCUT2D eigenvalue weighted by Crippen LogP contribution is 2.31. The van der Waals surface area contributed by atoms with E-state index in [4.69, 9.17) is 11.6 Å². The van der Waals surface area contributed by atoms with Crippen molar-refractivity contribution in [1.29, 1.82) is 0 Å². The predicted octanol–water partition coefficient (Wildman–Crippen LogP) is 3.21. The quantitative estimate of drug-likeness (QED) is 0.915. The molecule has 110 valence electrons. The molecule has 2 atom stereocenters. The topological polar surface area (TPSA) is 54.0 Å². The highest BCUT2D eigenvalue weighted by molar-refractivity contribution is 6.38. The maximum absolute atomic E-state index is 12.4. The van der Waals surface area contributed by atoms with Gasteiger partial charge in [0.2, 0.25) is 5.91 Å². The fraction of sp³-hybridized carbons (Fsp3) is 0.375. The predicted molar refractivity (Wildman–Crippen MR) is 85.6 cm³/mol. The first-order chi connectivity index (χ1) is 10.2. The number of hydrogen-bond acceptors (Lipinski definition) is 3. The number of rotatable bonds is 3. The summed E-state index contributed by atoms with van der Waals surface area (Å²) in [5, 5.41) is 8.74. The number of nitrogens with zero attached hydrogens (tertiary/aromatic N) is 1. The average molecular weight is 304 g/mol. The Morgan fingerprint density at radius 2 is 2.33 bits per heavy atom. The lowest BCUT2D eigenvalue weighted by Gasteiger charge is -2.19. The highest BCUT2D eigenvalue weighted by Gasteiger charge is 2.26. The molecule has 3 rings (SSSR count). The molecule has 2 N–H and O–H groups in total. The fourth-order valence-electron chi connectivity index (χ4n) is 2.79. The first-order valence-corrected chi connectivity index (χ1v) is 7.61. The smallest absolute Gasteiger partial charge is 0.228 e. The first-order valence-electron chi connectivity index (χ1n) is 7.23. The Balaban J connectivity index is 1.81. The van der Waals surface area contributed by atoms with E-state index in [0.29, 0.717) is 10.7 Å². The number of benzene rings is 1. The molecule has 1 aliphatic heterocycles. The molecule has 5 heteroatoms. The van der Waals surface area contributed by atoms with Crippen molar-refractivity contribution in [2.75, 3.05) is 11.9 Å². The zero-order valence-electron chi connectivity index (χ0n) is 11.9. The first kappa shape index (κ1) is 14.3. The summed E-state index contributed by atoms with van der Waals surface area (Å²) in [5.41, 5.74) is 0.658. The summed E-state index contributed by atoms with van der Waals surface area (Å²) >= 11 is 6.39. The average Bonchev–Trinajstić information content (AvgIpc) is 3.04. The minimum absolute atomic E-state index is 0.00436. The number of anilines is 1. The van der Waals surface area contributed by atoms with E-state index in [1.54, 1.807) is 12.4 Å². The van der Waals surface area contributed by atoms with Gasteiger partial charge in [-0.25, -0.2) is 0 Å². The van der Waals surface area contributed by atoms with Crippen LogP contribution in [-0.2, 0) is 4.79 Å². The van der Waals surface area contributed by atoms with Crippen LogP contribution in [0, 0.1) is 5.92 Å². The van der Waals surface area contributed by atoms with Crippen LogP contribution in [0.2, 0.25) is 5.02 Å². The molecule has 0 spiro atoms. The second-order valence-electron chi connectivity index (χ2n) is 5.50. The largest absolute Gasteiger partial charge is 0.324 e. The lowest BCUT2D eigenvalue weighted by molar-refractivity contribution is -0.120. The van der Waals surface area contributed by atoms with Gasteiger partial charge in [-0.1, -0.05) is 24.6 Å². The van der Waals surface area contributed by atoms with Crippen LogP contribution < -0.4 is 10.6 Å². The summed E-state index contributed by atoms with van der Waals surface area (Å²) in [5.74, 6) is -0.0681. The SMILES string of the molecule is C[C@H](C(=O)Nc1ccc2cnccc2c1Cl)C1CCCN1. The maximum Gasteiger partial charge on any atom is 0.228 e. The number of carbonyl (C=O) groups excluding carboxylic acids is 1. The van der Waals surface area contributed by atoms with E-state index in [9.17, 15) is 4.79 Å². The van der Waals surface area contributed by atoms with Crippen molar-refractivity contribution in [2.24, 2.45) is 5.92 Å². The van der Waals surface area contributed by atoms with E-state index in [0.717, 1.165) is 30.2 Å². The van der Waals surface area contributed by atoms with E-state index in [2.05, 4.69) is 15.6 Å². The van der Waals surface area contributed by atoms with Crippen molar-refractivity contribution in [2.45, 2.75) is 25.8 Å². The Hall–Kier alpha value is -1.65. The van der Waals surface area contributed by atoms with E-state index in [-0.39, 0.29) is 17.9 Å². The monoisotopic (exact) mass is 303 g/mol. The number of halogens is 1.